The van der Waals surface area contributed by atoms with Gasteiger partial charge >= 0.3 is 0 Å². The van der Waals surface area contributed by atoms with E-state index in [4.69, 9.17) is 10.9 Å². The fraction of sp³-hybridized carbons (Fsp3) is 0.200. The maximum atomic E-state index is 12.3. The van der Waals surface area contributed by atoms with E-state index < -0.39 is 0 Å². The van der Waals surface area contributed by atoms with Crippen LogP contribution in [0.3, 0.4) is 0 Å². The van der Waals surface area contributed by atoms with E-state index in [-0.39, 0.29) is 11.7 Å². The van der Waals surface area contributed by atoms with Gasteiger partial charge in [0, 0.05) is 16.1 Å². The van der Waals surface area contributed by atoms with Crippen LogP contribution >= 0.6 is 11.3 Å². The fourth-order valence-corrected chi connectivity index (χ4v) is 3.60. The Morgan fingerprint density at radius 1 is 1.33 bits per heavy atom. The molecule has 0 radical (unpaired) electrons. The lowest BCUT2D eigenvalue weighted by Crippen LogP contribution is -2.14. The third-order valence-corrected chi connectivity index (χ3v) is 4.73. The number of thiophene rings is 1. The fourth-order valence-electron chi connectivity index (χ4n) is 2.45. The highest BCUT2D eigenvalue weighted by Crippen LogP contribution is 2.31. The van der Waals surface area contributed by atoms with Crippen molar-refractivity contribution in [3.8, 4) is 0 Å². The summed E-state index contributed by atoms with van der Waals surface area (Å²) in [6.07, 6.45) is 3.33. The molecule has 1 heterocycles. The molecule has 0 spiro atoms. The summed E-state index contributed by atoms with van der Waals surface area (Å²) in [5, 5.41) is 14.5. The number of carbonyl (C=O) groups is 1. The molecular formula is C15H15N3O2S. The zero-order valence-electron chi connectivity index (χ0n) is 11.3. The van der Waals surface area contributed by atoms with Crippen LogP contribution in [0.15, 0.2) is 35.5 Å². The summed E-state index contributed by atoms with van der Waals surface area (Å²) in [6.45, 7) is 0. The monoisotopic (exact) mass is 301 g/mol. The number of amides is 1. The maximum Gasteiger partial charge on any atom is 0.265 e. The van der Waals surface area contributed by atoms with Crippen molar-refractivity contribution in [2.24, 2.45) is 10.9 Å². The number of amidine groups is 1. The molecule has 1 aromatic heterocycles. The molecule has 108 valence electrons. The molecule has 1 aliphatic rings. The molecule has 0 saturated carbocycles. The van der Waals surface area contributed by atoms with E-state index in [0.29, 0.717) is 11.3 Å². The highest BCUT2D eigenvalue weighted by Gasteiger charge is 2.18. The predicted molar refractivity (Wildman–Crippen MR) is 83.3 cm³/mol. The molecule has 21 heavy (non-hydrogen) atoms. The number of nitrogens with two attached hydrogens (primary N) is 1. The molecule has 6 heteroatoms. The average Bonchev–Trinajstić information content (AvgIpc) is 3.08. The number of hydrogen-bond acceptors (Lipinski definition) is 4. The minimum absolute atomic E-state index is 0.0150. The van der Waals surface area contributed by atoms with Crippen molar-refractivity contribution >= 4 is 28.8 Å². The zero-order chi connectivity index (χ0) is 14.8. The molecule has 0 bridgehead atoms. The lowest BCUT2D eigenvalue weighted by molar-refractivity contribution is 0.103. The van der Waals surface area contributed by atoms with E-state index in [1.165, 1.54) is 16.9 Å². The number of nitrogens with one attached hydrogen (secondary N) is 1. The number of hydrogen-bond donors (Lipinski definition) is 3. The topological polar surface area (TPSA) is 87.7 Å². The van der Waals surface area contributed by atoms with E-state index in [1.807, 2.05) is 6.07 Å². The molecule has 1 aliphatic carbocycles. The molecule has 0 saturated heterocycles. The Balaban J connectivity index is 1.78. The molecule has 3 rings (SSSR count). The first-order valence-corrected chi connectivity index (χ1v) is 7.50. The summed E-state index contributed by atoms with van der Waals surface area (Å²) >= 11 is 1.56. The van der Waals surface area contributed by atoms with Gasteiger partial charge in [-0.15, -0.1) is 11.3 Å². The third-order valence-electron chi connectivity index (χ3n) is 3.49. The van der Waals surface area contributed by atoms with Gasteiger partial charge < -0.3 is 16.3 Å². The average molecular weight is 301 g/mol. The van der Waals surface area contributed by atoms with Gasteiger partial charge in [-0.3, -0.25) is 4.79 Å². The summed E-state index contributed by atoms with van der Waals surface area (Å²) < 4.78 is 0. The van der Waals surface area contributed by atoms with Crippen LogP contribution < -0.4 is 11.1 Å². The van der Waals surface area contributed by atoms with E-state index in [1.54, 1.807) is 35.6 Å². The van der Waals surface area contributed by atoms with Crippen LogP contribution in [0.4, 0.5) is 5.69 Å². The molecule has 2 aromatic rings. The van der Waals surface area contributed by atoms with Crippen LogP contribution in [0.1, 0.15) is 32.1 Å². The van der Waals surface area contributed by atoms with Gasteiger partial charge in [-0.2, -0.15) is 0 Å². The molecular weight excluding hydrogens is 286 g/mol. The number of nitrogens with zero attached hydrogens (tertiary/aromatic N) is 1. The number of benzene rings is 1. The first-order valence-electron chi connectivity index (χ1n) is 6.68. The van der Waals surface area contributed by atoms with Gasteiger partial charge in [-0.1, -0.05) is 17.3 Å². The lowest BCUT2D eigenvalue weighted by Gasteiger charge is -2.05. The molecule has 0 aliphatic heterocycles. The lowest BCUT2D eigenvalue weighted by atomic mass is 10.2. The number of anilines is 1. The van der Waals surface area contributed by atoms with Crippen molar-refractivity contribution in [3.05, 3.63) is 51.2 Å². The normalized spacial score (nSPS) is 14.0. The standard InChI is InChI=1S/C15H15N3O2S/c16-14(18-20)10-4-1-5-11(7-10)17-15(19)13-8-9-3-2-6-12(9)21-13/h1,4-5,7-8,20H,2-3,6H2,(H2,16,18)(H,17,19). The Labute approximate surface area is 126 Å². The molecule has 1 aromatic carbocycles. The Morgan fingerprint density at radius 2 is 2.19 bits per heavy atom. The second-order valence-corrected chi connectivity index (χ2v) is 6.07. The van der Waals surface area contributed by atoms with Crippen molar-refractivity contribution in [3.63, 3.8) is 0 Å². The van der Waals surface area contributed by atoms with Crippen molar-refractivity contribution < 1.29 is 10.0 Å². The molecule has 4 N–H and O–H groups in total. The van der Waals surface area contributed by atoms with Crippen molar-refractivity contribution in [1.82, 2.24) is 0 Å². The van der Waals surface area contributed by atoms with Crippen LogP contribution in [0.25, 0.3) is 0 Å². The molecule has 0 fully saturated rings. The predicted octanol–water partition coefficient (Wildman–Crippen LogP) is 2.58. The van der Waals surface area contributed by atoms with Gasteiger partial charge in [0.25, 0.3) is 5.91 Å². The van der Waals surface area contributed by atoms with Crippen LogP contribution in [0.2, 0.25) is 0 Å². The van der Waals surface area contributed by atoms with Gasteiger partial charge in [0.05, 0.1) is 4.88 Å². The Kier molecular flexibility index (Phi) is 3.62. The first-order chi connectivity index (χ1) is 10.2. The first kappa shape index (κ1) is 13.6. The summed E-state index contributed by atoms with van der Waals surface area (Å²) in [6, 6.07) is 8.89. The third kappa shape index (κ3) is 2.75. The van der Waals surface area contributed by atoms with E-state index in [2.05, 4.69) is 10.5 Å². The zero-order valence-corrected chi connectivity index (χ0v) is 12.1. The van der Waals surface area contributed by atoms with Crippen molar-refractivity contribution in [1.29, 1.82) is 0 Å². The van der Waals surface area contributed by atoms with Crippen LogP contribution in [-0.2, 0) is 12.8 Å². The SMILES string of the molecule is N/C(=N/O)c1cccc(NC(=O)c2cc3c(s2)CCC3)c1. The smallest absolute Gasteiger partial charge is 0.265 e. The highest BCUT2D eigenvalue weighted by atomic mass is 32.1. The quantitative estimate of drug-likeness (QED) is 0.352. The Bertz CT molecular complexity index is 700. The summed E-state index contributed by atoms with van der Waals surface area (Å²) in [7, 11) is 0. The minimum atomic E-state index is -0.119. The second kappa shape index (κ2) is 5.57. The van der Waals surface area contributed by atoms with E-state index in [9.17, 15) is 4.79 Å². The number of oxime groups is 1. The second-order valence-electron chi connectivity index (χ2n) is 4.93. The number of rotatable bonds is 3. The Morgan fingerprint density at radius 3 is 2.95 bits per heavy atom. The van der Waals surface area contributed by atoms with Crippen LogP contribution in [0.5, 0.6) is 0 Å². The van der Waals surface area contributed by atoms with Gasteiger partial charge in [-0.25, -0.2) is 0 Å². The number of aryl methyl sites for hydroxylation is 2. The van der Waals surface area contributed by atoms with Crippen LogP contribution in [0, 0.1) is 0 Å². The minimum Gasteiger partial charge on any atom is -0.409 e. The van der Waals surface area contributed by atoms with Crippen molar-refractivity contribution in [2.45, 2.75) is 19.3 Å². The largest absolute Gasteiger partial charge is 0.409 e. The van der Waals surface area contributed by atoms with Gasteiger partial charge in [0.15, 0.2) is 5.84 Å². The molecule has 1 amide bonds. The molecule has 0 atom stereocenters. The van der Waals surface area contributed by atoms with Crippen molar-refractivity contribution in [2.75, 3.05) is 5.32 Å². The number of fused-ring (bicyclic) bond motifs is 1. The van der Waals surface area contributed by atoms with Gasteiger partial charge in [-0.05, 0) is 43.0 Å². The van der Waals surface area contributed by atoms with Gasteiger partial charge in [0.1, 0.15) is 0 Å². The van der Waals surface area contributed by atoms with E-state index >= 15 is 0 Å². The summed E-state index contributed by atoms with van der Waals surface area (Å²) in [4.78, 5) is 14.3. The highest BCUT2D eigenvalue weighted by molar-refractivity contribution is 7.14. The molecule has 5 nitrogen and oxygen atoms in total. The van der Waals surface area contributed by atoms with Gasteiger partial charge in [0.2, 0.25) is 0 Å². The number of carbonyl (C=O) groups excluding carboxylic acids is 1. The summed E-state index contributed by atoms with van der Waals surface area (Å²) in [5.74, 6) is -0.104. The maximum absolute atomic E-state index is 12.3. The van der Waals surface area contributed by atoms with E-state index in [0.717, 1.165) is 17.7 Å². The molecule has 0 unspecified atom stereocenters. The summed E-state index contributed by atoms with van der Waals surface area (Å²) in [5.41, 5.74) is 8.03. The Hall–Kier alpha value is -2.34. The van der Waals surface area contributed by atoms with Crippen LogP contribution in [-0.4, -0.2) is 17.0 Å².